The van der Waals surface area contributed by atoms with E-state index in [1.807, 2.05) is 0 Å². The zero-order valence-electron chi connectivity index (χ0n) is 8.65. The van der Waals surface area contributed by atoms with Crippen molar-refractivity contribution in [1.29, 1.82) is 0 Å². The lowest BCUT2D eigenvalue weighted by Gasteiger charge is -2.09. The first-order valence-corrected chi connectivity index (χ1v) is 6.59. The number of nitrogens with one attached hydrogen (secondary N) is 2. The van der Waals surface area contributed by atoms with Gasteiger partial charge in [-0.1, -0.05) is 0 Å². The molecule has 0 unspecified atom stereocenters. The van der Waals surface area contributed by atoms with Crippen molar-refractivity contribution in [3.05, 3.63) is 0 Å². The standard InChI is InChI=1S/C7H17N3O3S2/c1-13-5-4-10-7(14)9-3-2-6-15(8,11)12/h2-6H2,1H3,(H2,8,11,12)(H2,9,10,14). The summed E-state index contributed by atoms with van der Waals surface area (Å²) in [4.78, 5) is 0. The van der Waals surface area contributed by atoms with Gasteiger partial charge >= 0.3 is 0 Å². The van der Waals surface area contributed by atoms with Gasteiger partial charge in [0, 0.05) is 20.2 Å². The van der Waals surface area contributed by atoms with Crippen LogP contribution in [0.3, 0.4) is 0 Å². The van der Waals surface area contributed by atoms with E-state index in [2.05, 4.69) is 10.6 Å². The molecule has 0 saturated carbocycles. The van der Waals surface area contributed by atoms with Crippen molar-refractivity contribution in [2.24, 2.45) is 5.14 Å². The summed E-state index contributed by atoms with van der Waals surface area (Å²) in [5, 5.41) is 11.1. The Bertz CT molecular complexity index is 279. The first-order valence-electron chi connectivity index (χ1n) is 4.47. The number of sulfonamides is 1. The molecular weight excluding hydrogens is 238 g/mol. The second-order valence-corrected chi connectivity index (χ2v) is 5.04. The lowest BCUT2D eigenvalue weighted by atomic mass is 10.5. The summed E-state index contributed by atoms with van der Waals surface area (Å²) >= 11 is 4.92. The van der Waals surface area contributed by atoms with Crippen molar-refractivity contribution in [1.82, 2.24) is 10.6 Å². The molecule has 0 aromatic rings. The molecule has 0 radical (unpaired) electrons. The van der Waals surface area contributed by atoms with Gasteiger partial charge in [-0.2, -0.15) is 0 Å². The maximum absolute atomic E-state index is 10.6. The fourth-order valence-electron chi connectivity index (χ4n) is 0.804. The Hall–Kier alpha value is -0.440. The molecule has 15 heavy (non-hydrogen) atoms. The number of rotatable bonds is 7. The molecule has 4 N–H and O–H groups in total. The van der Waals surface area contributed by atoms with Gasteiger partial charge in [0.1, 0.15) is 0 Å². The topological polar surface area (TPSA) is 93.4 Å². The van der Waals surface area contributed by atoms with Gasteiger partial charge in [0.05, 0.1) is 12.4 Å². The van der Waals surface area contributed by atoms with Crippen LogP contribution in [0.4, 0.5) is 0 Å². The molecule has 0 aliphatic carbocycles. The highest BCUT2D eigenvalue weighted by molar-refractivity contribution is 7.89. The van der Waals surface area contributed by atoms with E-state index < -0.39 is 10.0 Å². The zero-order chi connectivity index (χ0) is 11.7. The minimum Gasteiger partial charge on any atom is -0.383 e. The lowest BCUT2D eigenvalue weighted by molar-refractivity contribution is 0.204. The van der Waals surface area contributed by atoms with Crippen molar-refractivity contribution in [2.75, 3.05) is 32.6 Å². The van der Waals surface area contributed by atoms with Gasteiger partial charge in [-0.05, 0) is 18.6 Å². The molecule has 0 amide bonds. The summed E-state index contributed by atoms with van der Waals surface area (Å²) in [5.74, 6) is -0.0410. The number of hydrogen-bond donors (Lipinski definition) is 3. The normalized spacial score (nSPS) is 11.1. The fraction of sp³-hybridized carbons (Fsp3) is 0.857. The Morgan fingerprint density at radius 3 is 2.53 bits per heavy atom. The minimum atomic E-state index is -3.37. The molecule has 0 bridgehead atoms. The molecule has 6 nitrogen and oxygen atoms in total. The smallest absolute Gasteiger partial charge is 0.209 e. The third-order valence-electron chi connectivity index (χ3n) is 1.48. The second kappa shape index (κ2) is 7.80. The van der Waals surface area contributed by atoms with Gasteiger partial charge in [-0.25, -0.2) is 13.6 Å². The molecule has 0 rings (SSSR count). The zero-order valence-corrected chi connectivity index (χ0v) is 10.3. The van der Waals surface area contributed by atoms with Crippen molar-refractivity contribution >= 4 is 27.4 Å². The van der Waals surface area contributed by atoms with E-state index in [9.17, 15) is 8.42 Å². The highest BCUT2D eigenvalue weighted by atomic mass is 32.2. The van der Waals surface area contributed by atoms with E-state index in [-0.39, 0.29) is 5.75 Å². The average Bonchev–Trinajstić information content (AvgIpc) is 2.11. The summed E-state index contributed by atoms with van der Waals surface area (Å²) in [6.07, 6.45) is 0.435. The lowest BCUT2D eigenvalue weighted by Crippen LogP contribution is -2.38. The van der Waals surface area contributed by atoms with Crippen molar-refractivity contribution in [2.45, 2.75) is 6.42 Å². The molecule has 0 aromatic carbocycles. The largest absolute Gasteiger partial charge is 0.383 e. The van der Waals surface area contributed by atoms with E-state index in [1.54, 1.807) is 7.11 Å². The predicted molar refractivity (Wildman–Crippen MR) is 63.1 cm³/mol. The number of hydrogen-bond acceptors (Lipinski definition) is 4. The number of methoxy groups -OCH3 is 1. The van der Waals surface area contributed by atoms with Crippen LogP contribution in [-0.2, 0) is 14.8 Å². The molecule has 0 aliphatic heterocycles. The maximum atomic E-state index is 10.6. The quantitative estimate of drug-likeness (QED) is 0.390. The van der Waals surface area contributed by atoms with Gasteiger partial charge in [-0.15, -0.1) is 0 Å². The summed E-state index contributed by atoms with van der Waals surface area (Å²) in [7, 11) is -1.77. The Labute approximate surface area is 95.6 Å². The summed E-state index contributed by atoms with van der Waals surface area (Å²) in [6, 6.07) is 0. The third-order valence-corrected chi connectivity index (χ3v) is 2.63. The van der Waals surface area contributed by atoms with Gasteiger partial charge in [-0.3, -0.25) is 0 Å². The van der Waals surface area contributed by atoms with Crippen molar-refractivity contribution < 1.29 is 13.2 Å². The molecule has 0 atom stereocenters. The fourth-order valence-corrected chi connectivity index (χ4v) is 1.56. The Kier molecular flexibility index (Phi) is 7.57. The molecule has 0 saturated heterocycles. The molecule has 0 spiro atoms. The van der Waals surface area contributed by atoms with Crippen LogP contribution in [0, 0.1) is 0 Å². The third kappa shape index (κ3) is 11.5. The van der Waals surface area contributed by atoms with Crippen molar-refractivity contribution in [3.8, 4) is 0 Å². The minimum absolute atomic E-state index is 0.0410. The van der Waals surface area contributed by atoms with Crippen LogP contribution >= 0.6 is 12.2 Å². The molecule has 90 valence electrons. The molecule has 0 aromatic heterocycles. The Morgan fingerprint density at radius 1 is 1.40 bits per heavy atom. The van der Waals surface area contributed by atoms with Gasteiger partial charge in [0.25, 0.3) is 0 Å². The predicted octanol–water partition coefficient (Wildman–Crippen LogP) is -1.22. The molecule has 0 fully saturated rings. The van der Waals surface area contributed by atoms with E-state index in [0.717, 1.165) is 0 Å². The first-order chi connectivity index (χ1) is 6.95. The van der Waals surface area contributed by atoms with Crippen LogP contribution < -0.4 is 15.8 Å². The number of ether oxygens (including phenoxy) is 1. The Morgan fingerprint density at radius 2 is 2.00 bits per heavy atom. The van der Waals surface area contributed by atoms with E-state index >= 15 is 0 Å². The number of nitrogens with two attached hydrogens (primary N) is 1. The number of primary sulfonamides is 1. The maximum Gasteiger partial charge on any atom is 0.209 e. The highest BCUT2D eigenvalue weighted by Gasteiger charge is 2.01. The second-order valence-electron chi connectivity index (χ2n) is 2.90. The average molecular weight is 255 g/mol. The monoisotopic (exact) mass is 255 g/mol. The van der Waals surface area contributed by atoms with Crippen LogP contribution in [0.1, 0.15) is 6.42 Å². The summed E-state index contributed by atoms with van der Waals surface area (Å²) < 4.78 is 26.0. The van der Waals surface area contributed by atoms with Crippen LogP contribution in [0.5, 0.6) is 0 Å². The van der Waals surface area contributed by atoms with Crippen LogP contribution in [0.2, 0.25) is 0 Å². The summed E-state index contributed by atoms with van der Waals surface area (Å²) in [6.45, 7) is 1.67. The van der Waals surface area contributed by atoms with E-state index in [4.69, 9.17) is 22.1 Å². The molecular formula is C7H17N3O3S2. The SMILES string of the molecule is COCCNC(=S)NCCCS(N)(=O)=O. The van der Waals surface area contributed by atoms with Crippen LogP contribution in [-0.4, -0.2) is 46.1 Å². The van der Waals surface area contributed by atoms with Gasteiger partial charge in [0.2, 0.25) is 10.0 Å². The highest BCUT2D eigenvalue weighted by Crippen LogP contribution is 1.83. The van der Waals surface area contributed by atoms with Gasteiger partial charge < -0.3 is 15.4 Å². The van der Waals surface area contributed by atoms with Gasteiger partial charge in [0.15, 0.2) is 5.11 Å². The van der Waals surface area contributed by atoms with E-state index in [0.29, 0.717) is 31.2 Å². The van der Waals surface area contributed by atoms with E-state index in [1.165, 1.54) is 0 Å². The summed E-state index contributed by atoms with van der Waals surface area (Å²) in [5.41, 5.74) is 0. The Balaban J connectivity index is 3.39. The van der Waals surface area contributed by atoms with Crippen molar-refractivity contribution in [3.63, 3.8) is 0 Å². The molecule has 8 heteroatoms. The number of thiocarbonyl (C=S) groups is 1. The molecule has 0 aliphatic rings. The van der Waals surface area contributed by atoms with Crippen LogP contribution in [0.25, 0.3) is 0 Å². The van der Waals surface area contributed by atoms with Crippen LogP contribution in [0.15, 0.2) is 0 Å². The molecule has 0 heterocycles. The first kappa shape index (κ1) is 14.6.